The van der Waals surface area contributed by atoms with Crippen molar-refractivity contribution in [2.24, 2.45) is 5.92 Å². The van der Waals surface area contributed by atoms with Crippen molar-refractivity contribution in [2.45, 2.75) is 12.3 Å². The fourth-order valence-corrected chi connectivity index (χ4v) is 2.68. The maximum Gasteiger partial charge on any atom is 0.407 e. The molecule has 1 aliphatic rings. The van der Waals surface area contributed by atoms with Gasteiger partial charge in [-0.2, -0.15) is 0 Å². The number of aliphatic hydroxyl groups excluding tert-OH is 1. The number of aliphatic hydroxyl groups is 1. The normalized spacial score (nSPS) is 23.2. The van der Waals surface area contributed by atoms with Gasteiger partial charge in [0.15, 0.2) is 0 Å². The summed E-state index contributed by atoms with van der Waals surface area (Å²) < 4.78 is 5.12. The van der Waals surface area contributed by atoms with E-state index in [0.29, 0.717) is 13.1 Å². The van der Waals surface area contributed by atoms with E-state index in [0.717, 1.165) is 17.7 Å². The van der Waals surface area contributed by atoms with Crippen molar-refractivity contribution in [1.82, 2.24) is 4.90 Å². The van der Waals surface area contributed by atoms with Crippen LogP contribution in [0.15, 0.2) is 24.3 Å². The highest BCUT2D eigenvalue weighted by Crippen LogP contribution is 2.33. The standard InChI is InChI=1S/C14H19NO4/c1-19-12-4-2-10(3-5-12)13-6-7-15(14(17)18)8-11(13)9-16/h2-5,11,13,16H,6-9H2,1H3,(H,17,18). The molecule has 1 aromatic carbocycles. The largest absolute Gasteiger partial charge is 0.497 e. The van der Waals surface area contributed by atoms with Gasteiger partial charge in [-0.05, 0) is 30.0 Å². The van der Waals surface area contributed by atoms with Crippen LogP contribution in [0.4, 0.5) is 4.79 Å². The number of rotatable bonds is 3. The first kappa shape index (κ1) is 13.7. The summed E-state index contributed by atoms with van der Waals surface area (Å²) in [4.78, 5) is 12.3. The summed E-state index contributed by atoms with van der Waals surface area (Å²) in [5.41, 5.74) is 1.13. The average molecular weight is 265 g/mol. The van der Waals surface area contributed by atoms with Crippen LogP contribution in [0.1, 0.15) is 17.9 Å². The van der Waals surface area contributed by atoms with Crippen molar-refractivity contribution in [3.8, 4) is 5.75 Å². The molecule has 1 saturated heterocycles. The molecular formula is C14H19NO4. The molecule has 1 aromatic rings. The van der Waals surface area contributed by atoms with E-state index >= 15 is 0 Å². The molecule has 1 amide bonds. The molecule has 1 fully saturated rings. The van der Waals surface area contributed by atoms with Crippen LogP contribution < -0.4 is 4.74 Å². The summed E-state index contributed by atoms with van der Waals surface area (Å²) in [6.45, 7) is 0.908. The number of amides is 1. The third kappa shape index (κ3) is 2.98. The number of likely N-dealkylation sites (tertiary alicyclic amines) is 1. The van der Waals surface area contributed by atoms with Crippen molar-refractivity contribution in [3.05, 3.63) is 29.8 Å². The number of hydrogen-bond donors (Lipinski definition) is 2. The van der Waals surface area contributed by atoms with Gasteiger partial charge in [-0.25, -0.2) is 4.79 Å². The molecule has 5 nitrogen and oxygen atoms in total. The van der Waals surface area contributed by atoms with E-state index in [2.05, 4.69) is 0 Å². The molecule has 1 aliphatic heterocycles. The maximum absolute atomic E-state index is 11.0. The first-order chi connectivity index (χ1) is 9.15. The molecular weight excluding hydrogens is 246 g/mol. The Morgan fingerprint density at radius 2 is 2.11 bits per heavy atom. The van der Waals surface area contributed by atoms with Gasteiger partial charge in [-0.3, -0.25) is 0 Å². The highest BCUT2D eigenvalue weighted by atomic mass is 16.5. The average Bonchev–Trinajstić information content (AvgIpc) is 2.46. The van der Waals surface area contributed by atoms with E-state index in [-0.39, 0.29) is 18.4 Å². The molecule has 2 atom stereocenters. The molecule has 2 rings (SSSR count). The summed E-state index contributed by atoms with van der Waals surface area (Å²) in [6.07, 6.45) is -0.171. The first-order valence-corrected chi connectivity index (χ1v) is 6.38. The minimum Gasteiger partial charge on any atom is -0.497 e. The first-order valence-electron chi connectivity index (χ1n) is 6.38. The van der Waals surface area contributed by atoms with Crippen LogP contribution in [0.3, 0.4) is 0 Å². The van der Waals surface area contributed by atoms with Gasteiger partial charge in [0, 0.05) is 25.6 Å². The Balaban J connectivity index is 2.12. The van der Waals surface area contributed by atoms with Gasteiger partial charge in [0.2, 0.25) is 0 Å². The number of hydrogen-bond acceptors (Lipinski definition) is 3. The highest BCUT2D eigenvalue weighted by molar-refractivity contribution is 5.65. The van der Waals surface area contributed by atoms with E-state index in [1.54, 1.807) is 7.11 Å². The maximum atomic E-state index is 11.0. The van der Waals surface area contributed by atoms with Gasteiger partial charge in [0.1, 0.15) is 5.75 Å². The van der Waals surface area contributed by atoms with E-state index < -0.39 is 6.09 Å². The Morgan fingerprint density at radius 3 is 2.63 bits per heavy atom. The number of piperidine rings is 1. The Morgan fingerprint density at radius 1 is 1.42 bits per heavy atom. The molecule has 104 valence electrons. The Kier molecular flexibility index (Phi) is 4.27. The van der Waals surface area contributed by atoms with Crippen molar-refractivity contribution >= 4 is 6.09 Å². The van der Waals surface area contributed by atoms with Crippen LogP contribution in [0, 0.1) is 5.92 Å². The van der Waals surface area contributed by atoms with Gasteiger partial charge in [0.25, 0.3) is 0 Å². The molecule has 1 heterocycles. The molecule has 0 spiro atoms. The van der Waals surface area contributed by atoms with E-state index in [1.807, 2.05) is 24.3 Å². The van der Waals surface area contributed by atoms with Gasteiger partial charge in [0.05, 0.1) is 7.11 Å². The second-order valence-electron chi connectivity index (χ2n) is 4.84. The number of ether oxygens (including phenoxy) is 1. The lowest BCUT2D eigenvalue weighted by Gasteiger charge is -2.36. The summed E-state index contributed by atoms with van der Waals surface area (Å²) >= 11 is 0. The van der Waals surface area contributed by atoms with Crippen LogP contribution in [0.2, 0.25) is 0 Å². The fraction of sp³-hybridized carbons (Fsp3) is 0.500. The number of nitrogens with zero attached hydrogens (tertiary/aromatic N) is 1. The molecule has 0 saturated carbocycles. The summed E-state index contributed by atoms with van der Waals surface area (Å²) in [5, 5.41) is 18.5. The van der Waals surface area contributed by atoms with Crippen LogP contribution >= 0.6 is 0 Å². The zero-order chi connectivity index (χ0) is 13.8. The molecule has 5 heteroatoms. The van der Waals surface area contributed by atoms with Crippen LogP contribution in [0.25, 0.3) is 0 Å². The van der Waals surface area contributed by atoms with Gasteiger partial charge in [-0.1, -0.05) is 12.1 Å². The third-order valence-electron chi connectivity index (χ3n) is 3.78. The quantitative estimate of drug-likeness (QED) is 0.874. The molecule has 0 radical (unpaired) electrons. The number of carbonyl (C=O) groups is 1. The lowest BCUT2D eigenvalue weighted by molar-refractivity contribution is 0.0886. The predicted octanol–water partition coefficient (Wildman–Crippen LogP) is 1.77. The zero-order valence-electron chi connectivity index (χ0n) is 11.0. The lowest BCUT2D eigenvalue weighted by Crippen LogP contribution is -2.43. The Labute approximate surface area is 112 Å². The van der Waals surface area contributed by atoms with Crippen LogP contribution in [-0.2, 0) is 0 Å². The molecule has 2 unspecified atom stereocenters. The second-order valence-corrected chi connectivity index (χ2v) is 4.84. The summed E-state index contributed by atoms with van der Waals surface area (Å²) in [7, 11) is 1.62. The number of benzene rings is 1. The summed E-state index contributed by atoms with van der Waals surface area (Å²) in [6, 6.07) is 7.77. The Bertz CT molecular complexity index is 432. The number of methoxy groups -OCH3 is 1. The third-order valence-corrected chi connectivity index (χ3v) is 3.78. The van der Waals surface area contributed by atoms with Crippen LogP contribution in [0.5, 0.6) is 5.75 Å². The zero-order valence-corrected chi connectivity index (χ0v) is 11.0. The predicted molar refractivity (Wildman–Crippen MR) is 70.5 cm³/mol. The second kappa shape index (κ2) is 5.93. The number of carboxylic acid groups (broad SMARTS) is 1. The van der Waals surface area contributed by atoms with Crippen LogP contribution in [-0.4, -0.2) is 48.0 Å². The van der Waals surface area contributed by atoms with Gasteiger partial charge >= 0.3 is 6.09 Å². The van der Waals surface area contributed by atoms with Gasteiger partial charge in [-0.15, -0.1) is 0 Å². The monoisotopic (exact) mass is 265 g/mol. The minimum atomic E-state index is -0.911. The lowest BCUT2D eigenvalue weighted by atomic mass is 9.81. The van der Waals surface area contributed by atoms with E-state index in [4.69, 9.17) is 9.84 Å². The molecule has 2 N–H and O–H groups in total. The van der Waals surface area contributed by atoms with Crippen molar-refractivity contribution in [3.63, 3.8) is 0 Å². The molecule has 0 bridgehead atoms. The van der Waals surface area contributed by atoms with E-state index in [9.17, 15) is 9.90 Å². The summed E-state index contributed by atoms with van der Waals surface area (Å²) in [5.74, 6) is 0.956. The smallest absolute Gasteiger partial charge is 0.407 e. The van der Waals surface area contributed by atoms with Gasteiger partial charge < -0.3 is 19.8 Å². The molecule has 19 heavy (non-hydrogen) atoms. The van der Waals surface area contributed by atoms with Crippen molar-refractivity contribution in [1.29, 1.82) is 0 Å². The van der Waals surface area contributed by atoms with Crippen molar-refractivity contribution < 1.29 is 19.7 Å². The van der Waals surface area contributed by atoms with Crippen molar-refractivity contribution in [2.75, 3.05) is 26.8 Å². The fourth-order valence-electron chi connectivity index (χ4n) is 2.68. The molecule has 0 aromatic heterocycles. The topological polar surface area (TPSA) is 70.0 Å². The Hall–Kier alpha value is -1.75. The highest BCUT2D eigenvalue weighted by Gasteiger charge is 2.31. The SMILES string of the molecule is COc1ccc(C2CCN(C(=O)O)CC2CO)cc1. The van der Waals surface area contributed by atoms with E-state index in [1.165, 1.54) is 4.90 Å². The molecule has 0 aliphatic carbocycles. The minimum absolute atomic E-state index is 0.000472.